The van der Waals surface area contributed by atoms with E-state index in [1.54, 1.807) is 13.8 Å². The second-order valence-corrected chi connectivity index (χ2v) is 6.50. The molecule has 156 valence electrons. The van der Waals surface area contributed by atoms with Crippen molar-refractivity contribution in [2.24, 2.45) is 0 Å². The maximum atomic E-state index is 13.7. The number of halogens is 5. The van der Waals surface area contributed by atoms with Crippen LogP contribution in [0, 0.1) is 18.6 Å². The molecule has 0 fully saturated rings. The van der Waals surface area contributed by atoms with Gasteiger partial charge in [0.1, 0.15) is 11.6 Å². The Morgan fingerprint density at radius 1 is 1.14 bits per heavy atom. The molecule has 1 amide bonds. The number of anilines is 1. The van der Waals surface area contributed by atoms with Crippen molar-refractivity contribution < 1.29 is 26.7 Å². The molecular formula is C21H21F5N2O. The molecule has 0 saturated carbocycles. The lowest BCUT2D eigenvalue weighted by Gasteiger charge is -2.15. The highest BCUT2D eigenvalue weighted by molar-refractivity contribution is 5.93. The van der Waals surface area contributed by atoms with Crippen molar-refractivity contribution in [1.82, 2.24) is 5.32 Å². The predicted octanol–water partition coefficient (Wildman–Crippen LogP) is 5.61. The van der Waals surface area contributed by atoms with E-state index in [0.717, 1.165) is 30.3 Å². The Morgan fingerprint density at radius 2 is 1.76 bits per heavy atom. The van der Waals surface area contributed by atoms with Crippen molar-refractivity contribution in [2.75, 3.05) is 11.9 Å². The van der Waals surface area contributed by atoms with E-state index in [4.69, 9.17) is 0 Å². The van der Waals surface area contributed by atoms with Gasteiger partial charge in [0.05, 0.1) is 11.6 Å². The standard InChI is InChI=1S/C21H21F5N2O/c1-4-27-19-11-16(21(24,25)26)7-5-14(19)6-8-20(29)28-13(3)15-9-17(22)12(2)18(23)10-15/h5-11,13,27H,4H2,1-3H3,(H,28,29)/b8-6+/t13-/m1/s1. The van der Waals surface area contributed by atoms with E-state index in [1.165, 1.54) is 19.1 Å². The molecule has 0 aliphatic rings. The molecule has 2 rings (SSSR count). The quantitative estimate of drug-likeness (QED) is 0.478. The summed E-state index contributed by atoms with van der Waals surface area (Å²) in [5.74, 6) is -1.98. The normalized spacial score (nSPS) is 12.8. The van der Waals surface area contributed by atoms with Gasteiger partial charge >= 0.3 is 6.18 Å². The predicted molar refractivity (Wildman–Crippen MR) is 102 cm³/mol. The van der Waals surface area contributed by atoms with Crippen LogP contribution in [-0.4, -0.2) is 12.5 Å². The second-order valence-electron chi connectivity index (χ2n) is 6.50. The monoisotopic (exact) mass is 412 g/mol. The van der Waals surface area contributed by atoms with Gasteiger partial charge in [-0.3, -0.25) is 4.79 Å². The lowest BCUT2D eigenvalue weighted by Crippen LogP contribution is -2.25. The third-order valence-corrected chi connectivity index (χ3v) is 4.32. The fraction of sp³-hybridized carbons (Fsp3) is 0.286. The Balaban J connectivity index is 2.16. The molecule has 1 atom stereocenters. The summed E-state index contributed by atoms with van der Waals surface area (Å²) in [6.45, 7) is 5.02. The zero-order valence-electron chi connectivity index (χ0n) is 16.1. The van der Waals surface area contributed by atoms with E-state index in [0.29, 0.717) is 12.1 Å². The van der Waals surface area contributed by atoms with Crippen LogP contribution >= 0.6 is 0 Å². The average molecular weight is 412 g/mol. The first-order chi connectivity index (χ1) is 13.5. The van der Waals surface area contributed by atoms with Crippen molar-refractivity contribution in [3.05, 3.63) is 70.3 Å². The molecule has 2 aromatic carbocycles. The third-order valence-electron chi connectivity index (χ3n) is 4.32. The number of hydrogen-bond donors (Lipinski definition) is 2. The van der Waals surface area contributed by atoms with Crippen molar-refractivity contribution in [3.63, 3.8) is 0 Å². The Morgan fingerprint density at radius 3 is 2.31 bits per heavy atom. The number of amides is 1. The zero-order chi connectivity index (χ0) is 21.8. The molecule has 0 heterocycles. The summed E-state index contributed by atoms with van der Waals surface area (Å²) in [5, 5.41) is 5.40. The summed E-state index contributed by atoms with van der Waals surface area (Å²) in [5.41, 5.74) is -0.00933. The Labute approximate surface area is 165 Å². The Kier molecular flexibility index (Phi) is 7.00. The Hall–Kier alpha value is -2.90. The highest BCUT2D eigenvalue weighted by atomic mass is 19.4. The number of nitrogens with one attached hydrogen (secondary N) is 2. The minimum absolute atomic E-state index is 0.106. The van der Waals surface area contributed by atoms with Gasteiger partial charge in [0.2, 0.25) is 5.91 Å². The van der Waals surface area contributed by atoms with E-state index in [9.17, 15) is 26.7 Å². The van der Waals surface area contributed by atoms with Crippen LogP contribution in [0.15, 0.2) is 36.4 Å². The number of carbonyl (C=O) groups excluding carboxylic acids is 1. The van der Waals surface area contributed by atoms with Gasteiger partial charge in [-0.15, -0.1) is 0 Å². The number of rotatable bonds is 6. The first-order valence-corrected chi connectivity index (χ1v) is 8.92. The SMILES string of the molecule is CCNc1cc(C(F)(F)F)ccc1/C=C/C(=O)N[C@H](C)c1cc(F)c(C)c(F)c1. The van der Waals surface area contributed by atoms with Gasteiger partial charge in [-0.1, -0.05) is 6.07 Å². The summed E-state index contributed by atoms with van der Waals surface area (Å²) in [7, 11) is 0. The highest BCUT2D eigenvalue weighted by Crippen LogP contribution is 2.32. The zero-order valence-corrected chi connectivity index (χ0v) is 16.1. The van der Waals surface area contributed by atoms with Crippen molar-refractivity contribution in [2.45, 2.75) is 33.0 Å². The van der Waals surface area contributed by atoms with E-state index in [2.05, 4.69) is 10.6 Å². The highest BCUT2D eigenvalue weighted by Gasteiger charge is 2.30. The smallest absolute Gasteiger partial charge is 0.385 e. The van der Waals surface area contributed by atoms with Gasteiger partial charge in [-0.05, 0) is 62.2 Å². The summed E-state index contributed by atoms with van der Waals surface area (Å²) >= 11 is 0. The van der Waals surface area contributed by atoms with E-state index >= 15 is 0 Å². The molecule has 0 bridgehead atoms. The van der Waals surface area contributed by atoms with Crippen LogP contribution in [0.25, 0.3) is 6.08 Å². The lowest BCUT2D eigenvalue weighted by atomic mass is 10.0. The van der Waals surface area contributed by atoms with Crippen LogP contribution in [0.4, 0.5) is 27.6 Å². The van der Waals surface area contributed by atoms with Crippen LogP contribution in [0.5, 0.6) is 0 Å². The first kappa shape index (κ1) is 22.4. The van der Waals surface area contributed by atoms with Crippen LogP contribution in [0.1, 0.15) is 42.1 Å². The minimum atomic E-state index is -4.47. The second kappa shape index (κ2) is 9.07. The van der Waals surface area contributed by atoms with Gasteiger partial charge in [-0.2, -0.15) is 13.2 Å². The molecule has 2 aromatic rings. The lowest BCUT2D eigenvalue weighted by molar-refractivity contribution is -0.137. The molecule has 0 spiro atoms. The van der Waals surface area contributed by atoms with Gasteiger partial charge in [0.25, 0.3) is 0 Å². The number of hydrogen-bond acceptors (Lipinski definition) is 2. The number of alkyl halides is 3. The first-order valence-electron chi connectivity index (χ1n) is 8.92. The molecule has 0 aliphatic carbocycles. The van der Waals surface area contributed by atoms with Crippen molar-refractivity contribution >= 4 is 17.7 Å². The topological polar surface area (TPSA) is 41.1 Å². The third kappa shape index (κ3) is 5.79. The van der Waals surface area contributed by atoms with Gasteiger partial charge in [0.15, 0.2) is 0 Å². The summed E-state index contributed by atoms with van der Waals surface area (Å²) in [6, 6.07) is 4.79. The van der Waals surface area contributed by atoms with Crippen LogP contribution < -0.4 is 10.6 Å². The van der Waals surface area contributed by atoms with E-state index in [1.807, 2.05) is 0 Å². The molecule has 0 unspecified atom stereocenters. The number of benzene rings is 2. The molecule has 2 N–H and O–H groups in total. The van der Waals surface area contributed by atoms with Gasteiger partial charge in [0, 0.05) is 23.9 Å². The largest absolute Gasteiger partial charge is 0.416 e. The molecule has 0 aliphatic heterocycles. The molecule has 0 saturated heterocycles. The number of carbonyl (C=O) groups is 1. The summed E-state index contributed by atoms with van der Waals surface area (Å²) in [6.07, 6.45) is -1.95. The maximum Gasteiger partial charge on any atom is 0.416 e. The molecule has 29 heavy (non-hydrogen) atoms. The van der Waals surface area contributed by atoms with Crippen LogP contribution in [0.3, 0.4) is 0 Å². The average Bonchev–Trinajstić information content (AvgIpc) is 2.64. The molecule has 0 radical (unpaired) electrons. The maximum absolute atomic E-state index is 13.7. The van der Waals surface area contributed by atoms with Crippen molar-refractivity contribution in [3.8, 4) is 0 Å². The molecule has 3 nitrogen and oxygen atoms in total. The minimum Gasteiger partial charge on any atom is -0.385 e. The van der Waals surface area contributed by atoms with Gasteiger partial charge in [-0.25, -0.2) is 8.78 Å². The fourth-order valence-electron chi connectivity index (χ4n) is 2.65. The van der Waals surface area contributed by atoms with E-state index < -0.39 is 35.3 Å². The fourth-order valence-corrected chi connectivity index (χ4v) is 2.65. The van der Waals surface area contributed by atoms with E-state index in [-0.39, 0.29) is 16.8 Å². The molecule has 8 heteroatoms. The Bertz CT molecular complexity index is 899. The molecule has 0 aromatic heterocycles. The summed E-state index contributed by atoms with van der Waals surface area (Å²) in [4.78, 5) is 12.1. The van der Waals surface area contributed by atoms with Gasteiger partial charge < -0.3 is 10.6 Å². The van der Waals surface area contributed by atoms with Crippen LogP contribution in [-0.2, 0) is 11.0 Å². The van der Waals surface area contributed by atoms with Crippen molar-refractivity contribution in [1.29, 1.82) is 0 Å². The summed E-state index contributed by atoms with van der Waals surface area (Å²) < 4.78 is 66.0. The van der Waals surface area contributed by atoms with Crippen LogP contribution in [0.2, 0.25) is 0 Å². The molecular weight excluding hydrogens is 391 g/mol.